The second-order valence-corrected chi connectivity index (χ2v) is 20.5. The molecule has 2 saturated heterocycles. The van der Waals surface area contributed by atoms with Crippen LogP contribution in [0.2, 0.25) is 0 Å². The molecule has 425 valence electrons. The number of nitrogens with one attached hydrogen (secondary N) is 5. The number of carbonyl (C=O) groups is 4. The summed E-state index contributed by atoms with van der Waals surface area (Å²) in [4.78, 5) is 89.8. The van der Waals surface area contributed by atoms with Crippen molar-refractivity contribution in [2.45, 2.75) is 123 Å². The molecule has 9 N–H and O–H groups in total. The van der Waals surface area contributed by atoms with Crippen LogP contribution >= 0.6 is 0 Å². The number of ether oxygens (including phenoxy) is 8. The van der Waals surface area contributed by atoms with Crippen molar-refractivity contribution in [2.24, 2.45) is 0 Å². The maximum atomic E-state index is 13.9. The Morgan fingerprint density at radius 2 is 1.00 bits per heavy atom. The SMILES string of the molecule is CO[C@H]1[C@H](OC(=O)c2ccc(C)[nH]2)[C@H](O)[C@@H](Oc2ccc3c(=O)c(NC(=O)c4c[nH]c(C(=O)Nc5c(O)oc6c(C)c(O[C@H]7OC(C)(C)[C@@H](OC)[C@H](OC(=O)c8ccc(C)[nH]8)[C@@H]7O)ccc6c5=O)c4C)c(O)oc3c2C)OC1(C)C.[Na]. The van der Waals surface area contributed by atoms with Crippen LogP contribution in [-0.2, 0) is 28.4 Å². The predicted octanol–water partition coefficient (Wildman–Crippen LogP) is 5.19. The molecule has 5 aromatic heterocycles. The first-order chi connectivity index (χ1) is 37.7. The number of esters is 2. The minimum absolute atomic E-state index is 0. The molecule has 2 aliphatic rings. The molecule has 26 heteroatoms. The summed E-state index contributed by atoms with van der Waals surface area (Å²) in [5.41, 5.74) is -3.98. The van der Waals surface area contributed by atoms with E-state index in [9.17, 15) is 49.2 Å². The summed E-state index contributed by atoms with van der Waals surface area (Å²) < 4.78 is 58.5. The van der Waals surface area contributed by atoms with Crippen molar-refractivity contribution in [1.82, 2.24) is 15.0 Å². The van der Waals surface area contributed by atoms with E-state index in [0.29, 0.717) is 11.4 Å². The Kier molecular flexibility index (Phi) is 16.8. The molecule has 0 saturated carbocycles. The standard InChI is InChI=1S/C55H59N5O20.Na/c1-21-12-16-29(57-21)48(67)77-42-38(63)52(79-54(6,7)44(42)71-10)73-31-18-14-26-36(61)34(50(69)75-40(26)24(31)4)59-46(65)28-20-56-33(23(28)3)47(66)60-35-37(62)27-15-19-32(25(5)41(27)76-51(35)70)74-53-39(64)43(45(72-11)55(8,9)80-53)78-49(68)30-17-13-22(2)58-30;/h12-20,38-39,42-45,52-53,56-58,63-64,69-70H,1-11H3,(H,59,65)(H,60,66);/t38-,39-,42+,43+,44-,45-,52-,53-;/m0./s1. The van der Waals surface area contributed by atoms with Gasteiger partial charge in [-0.2, -0.15) is 0 Å². The van der Waals surface area contributed by atoms with Gasteiger partial charge in [0.1, 0.15) is 52.0 Å². The van der Waals surface area contributed by atoms with Crippen LogP contribution in [0.15, 0.2) is 73.2 Å². The first-order valence-electron chi connectivity index (χ1n) is 25.0. The summed E-state index contributed by atoms with van der Waals surface area (Å²) in [5, 5.41) is 49.5. The van der Waals surface area contributed by atoms with Gasteiger partial charge in [-0.25, -0.2) is 9.59 Å². The van der Waals surface area contributed by atoms with Gasteiger partial charge >= 0.3 is 23.8 Å². The topological polar surface area (TPSA) is 355 Å². The number of hydrogen-bond acceptors (Lipinski definition) is 20. The van der Waals surface area contributed by atoms with Crippen molar-refractivity contribution >= 4 is 86.6 Å². The predicted molar refractivity (Wildman–Crippen MR) is 287 cm³/mol. The maximum absolute atomic E-state index is 13.9. The van der Waals surface area contributed by atoms with E-state index in [1.807, 2.05) is 0 Å². The van der Waals surface area contributed by atoms with E-state index in [1.54, 1.807) is 53.7 Å². The fourth-order valence-corrected chi connectivity index (χ4v) is 10.0. The number of aromatic amines is 3. The molecule has 0 aliphatic carbocycles. The van der Waals surface area contributed by atoms with E-state index >= 15 is 0 Å². The fourth-order valence-electron chi connectivity index (χ4n) is 10.0. The Labute approximate surface area is 482 Å². The van der Waals surface area contributed by atoms with Crippen molar-refractivity contribution in [1.29, 1.82) is 0 Å². The van der Waals surface area contributed by atoms with Gasteiger partial charge in [0.05, 0.1) is 27.5 Å². The van der Waals surface area contributed by atoms with Gasteiger partial charge in [-0.3, -0.25) is 19.2 Å². The van der Waals surface area contributed by atoms with Gasteiger partial charge < -0.3 is 92.7 Å². The number of fused-ring (bicyclic) bond motifs is 2. The Bertz CT molecular complexity index is 3490. The molecule has 0 spiro atoms. The van der Waals surface area contributed by atoms with E-state index in [-0.39, 0.29) is 102 Å². The Morgan fingerprint density at radius 1 is 0.593 bits per heavy atom. The molecule has 0 unspecified atom stereocenters. The number of aliphatic hydroxyl groups is 2. The Hall–Kier alpha value is -7.46. The maximum Gasteiger partial charge on any atom is 0.355 e. The number of H-pyrrole nitrogens is 3. The number of carbonyl (C=O) groups excluding carboxylic acids is 4. The minimum Gasteiger partial charge on any atom is -0.479 e. The zero-order valence-corrected chi connectivity index (χ0v) is 48.1. The third-order valence-corrected chi connectivity index (χ3v) is 14.2. The third kappa shape index (κ3) is 11.2. The molecular formula is C55H59N5NaO20. The van der Waals surface area contributed by atoms with Gasteiger partial charge in [-0.15, -0.1) is 0 Å². The molecular weight excluding hydrogens is 1070 g/mol. The largest absolute Gasteiger partial charge is 0.479 e. The van der Waals surface area contributed by atoms with E-state index < -0.39 is 118 Å². The van der Waals surface area contributed by atoms with Crippen molar-refractivity contribution in [2.75, 3.05) is 24.9 Å². The molecule has 9 rings (SSSR count). The third-order valence-electron chi connectivity index (χ3n) is 14.2. The molecule has 81 heavy (non-hydrogen) atoms. The number of anilines is 2. The van der Waals surface area contributed by atoms with Crippen LogP contribution < -0.4 is 31.0 Å². The second kappa shape index (κ2) is 22.8. The van der Waals surface area contributed by atoms with Crippen LogP contribution in [0.25, 0.3) is 21.9 Å². The van der Waals surface area contributed by atoms with Gasteiger partial charge in [0.2, 0.25) is 23.4 Å². The van der Waals surface area contributed by atoms with Crippen LogP contribution in [0.4, 0.5) is 11.4 Å². The van der Waals surface area contributed by atoms with Gasteiger partial charge in [0, 0.05) is 72.5 Å². The summed E-state index contributed by atoms with van der Waals surface area (Å²) in [6.07, 6.45) is -9.34. The number of aryl methyl sites for hydroxylation is 4. The summed E-state index contributed by atoms with van der Waals surface area (Å²) in [6, 6.07) is 11.8. The number of aromatic nitrogens is 3. The summed E-state index contributed by atoms with van der Waals surface area (Å²) in [6.45, 7) is 14.6. The number of hydrogen-bond donors (Lipinski definition) is 9. The van der Waals surface area contributed by atoms with Gasteiger partial charge in [-0.1, -0.05) is 0 Å². The van der Waals surface area contributed by atoms with Gasteiger partial charge in [-0.05, 0) is 116 Å². The Morgan fingerprint density at radius 3 is 1.38 bits per heavy atom. The number of benzene rings is 2. The van der Waals surface area contributed by atoms with Crippen LogP contribution in [0, 0.1) is 34.6 Å². The number of aromatic hydroxyl groups is 2. The van der Waals surface area contributed by atoms with E-state index in [0.717, 1.165) is 6.20 Å². The molecule has 25 nitrogen and oxygen atoms in total. The molecule has 1 radical (unpaired) electrons. The number of rotatable bonds is 14. The van der Waals surface area contributed by atoms with Crippen molar-refractivity contribution < 1.29 is 86.3 Å². The second-order valence-electron chi connectivity index (χ2n) is 20.5. The molecule has 7 heterocycles. The molecule has 8 atom stereocenters. The minimum atomic E-state index is -1.59. The van der Waals surface area contributed by atoms with Crippen molar-refractivity contribution in [3.63, 3.8) is 0 Å². The van der Waals surface area contributed by atoms with Crippen LogP contribution in [-0.4, -0.2) is 163 Å². The molecule has 2 amide bonds. The molecule has 2 fully saturated rings. The molecule has 2 aromatic carbocycles. The summed E-state index contributed by atoms with van der Waals surface area (Å²) in [5.74, 6) is -5.33. The average molecular weight is 1130 g/mol. The van der Waals surface area contributed by atoms with Crippen LogP contribution in [0.3, 0.4) is 0 Å². The van der Waals surface area contributed by atoms with Gasteiger partial charge in [0.25, 0.3) is 11.8 Å². The zero-order valence-electron chi connectivity index (χ0n) is 46.1. The van der Waals surface area contributed by atoms with Crippen molar-refractivity contribution in [3.8, 4) is 23.4 Å². The zero-order chi connectivity index (χ0) is 58.0. The van der Waals surface area contributed by atoms with E-state index in [2.05, 4.69) is 25.6 Å². The van der Waals surface area contributed by atoms with Crippen LogP contribution in [0.1, 0.15) is 97.6 Å². The van der Waals surface area contributed by atoms with E-state index in [4.69, 9.17) is 46.7 Å². The fraction of sp³-hybridized carbons (Fsp3) is 0.382. The summed E-state index contributed by atoms with van der Waals surface area (Å²) >= 11 is 0. The normalized spacial score (nSPS) is 22.1. The molecule has 0 bridgehead atoms. The summed E-state index contributed by atoms with van der Waals surface area (Å²) in [7, 11) is 2.76. The molecule has 2 aliphatic heterocycles. The Balaban J connectivity index is 0.00000860. The molecule has 7 aromatic rings. The smallest absolute Gasteiger partial charge is 0.355 e. The number of methoxy groups -OCH3 is 2. The van der Waals surface area contributed by atoms with E-state index in [1.165, 1.54) is 71.4 Å². The van der Waals surface area contributed by atoms with Gasteiger partial charge in [0.15, 0.2) is 35.8 Å². The quantitative estimate of drug-likeness (QED) is 0.0499. The number of aliphatic hydroxyl groups excluding tert-OH is 2. The number of amides is 2. The van der Waals surface area contributed by atoms with Crippen molar-refractivity contribution in [3.05, 3.63) is 126 Å². The first kappa shape index (κ1) is 59.7. The first-order valence-corrected chi connectivity index (χ1v) is 25.0. The monoisotopic (exact) mass is 1130 g/mol. The average Bonchev–Trinajstić information content (AvgIpc) is 4.18. The van der Waals surface area contributed by atoms with Crippen LogP contribution in [0.5, 0.6) is 23.4 Å².